The van der Waals surface area contributed by atoms with Gasteiger partial charge in [-0.1, -0.05) is 18.2 Å². The van der Waals surface area contributed by atoms with Gasteiger partial charge in [-0.15, -0.1) is 0 Å². The number of fused-ring (bicyclic) bond motifs is 1. The van der Waals surface area contributed by atoms with E-state index in [0.29, 0.717) is 0 Å². The SMILES string of the molecule is CNC(=O)Nc1ccc2c(c1)c(C)cn2-c1ccccc1. The number of aryl methyl sites for hydroxylation is 1. The first kappa shape index (κ1) is 13.2. The van der Waals surface area contributed by atoms with Crippen molar-refractivity contribution >= 4 is 22.6 Å². The molecule has 0 atom stereocenters. The number of carbonyl (C=O) groups is 1. The van der Waals surface area contributed by atoms with Gasteiger partial charge in [-0.3, -0.25) is 0 Å². The molecule has 1 aromatic heterocycles. The lowest BCUT2D eigenvalue weighted by Crippen LogP contribution is -2.24. The number of para-hydroxylation sites is 1. The van der Waals surface area contributed by atoms with Crippen LogP contribution in [0.1, 0.15) is 5.56 Å². The van der Waals surface area contributed by atoms with Crippen molar-refractivity contribution in [2.75, 3.05) is 12.4 Å². The summed E-state index contributed by atoms with van der Waals surface area (Å²) in [6, 6.07) is 15.9. The first-order chi connectivity index (χ1) is 10.2. The van der Waals surface area contributed by atoms with Crippen molar-refractivity contribution in [2.45, 2.75) is 6.92 Å². The quantitative estimate of drug-likeness (QED) is 0.738. The van der Waals surface area contributed by atoms with Crippen LogP contribution in [0.25, 0.3) is 16.6 Å². The molecule has 2 aromatic carbocycles. The molecule has 4 heteroatoms. The van der Waals surface area contributed by atoms with Crippen LogP contribution in [0.3, 0.4) is 0 Å². The van der Waals surface area contributed by atoms with E-state index in [9.17, 15) is 4.79 Å². The lowest BCUT2D eigenvalue weighted by atomic mass is 10.2. The number of hydrogen-bond acceptors (Lipinski definition) is 1. The van der Waals surface area contributed by atoms with Crippen LogP contribution in [0.2, 0.25) is 0 Å². The van der Waals surface area contributed by atoms with Crippen LogP contribution < -0.4 is 10.6 Å². The van der Waals surface area contributed by atoms with Gasteiger partial charge in [-0.2, -0.15) is 0 Å². The van der Waals surface area contributed by atoms with Gasteiger partial charge in [0, 0.05) is 30.0 Å². The second-order valence-electron chi connectivity index (χ2n) is 4.95. The fourth-order valence-electron chi connectivity index (χ4n) is 2.47. The molecule has 3 aromatic rings. The molecule has 106 valence electrons. The zero-order chi connectivity index (χ0) is 14.8. The molecule has 0 saturated heterocycles. The van der Waals surface area contributed by atoms with Crippen molar-refractivity contribution < 1.29 is 4.79 Å². The molecule has 2 N–H and O–H groups in total. The van der Waals surface area contributed by atoms with E-state index >= 15 is 0 Å². The molecule has 0 radical (unpaired) electrons. The minimum absolute atomic E-state index is 0.213. The predicted octanol–water partition coefficient (Wildman–Crippen LogP) is 3.69. The summed E-state index contributed by atoms with van der Waals surface area (Å²) in [7, 11) is 1.60. The number of aromatic nitrogens is 1. The monoisotopic (exact) mass is 279 g/mol. The summed E-state index contributed by atoms with van der Waals surface area (Å²) in [6.45, 7) is 2.07. The number of rotatable bonds is 2. The Morgan fingerprint density at radius 1 is 1.10 bits per heavy atom. The summed E-state index contributed by atoms with van der Waals surface area (Å²) in [4.78, 5) is 11.4. The summed E-state index contributed by atoms with van der Waals surface area (Å²) in [6.07, 6.45) is 2.11. The van der Waals surface area contributed by atoms with Gasteiger partial charge in [-0.05, 0) is 42.8 Å². The highest BCUT2D eigenvalue weighted by atomic mass is 16.2. The van der Waals surface area contributed by atoms with E-state index < -0.39 is 0 Å². The van der Waals surface area contributed by atoms with Crippen LogP contribution >= 0.6 is 0 Å². The molecule has 0 fully saturated rings. The van der Waals surface area contributed by atoms with E-state index in [0.717, 1.165) is 22.3 Å². The smallest absolute Gasteiger partial charge is 0.318 e. The van der Waals surface area contributed by atoms with E-state index in [1.807, 2.05) is 36.4 Å². The summed E-state index contributed by atoms with van der Waals surface area (Å²) < 4.78 is 2.16. The number of amides is 2. The number of benzene rings is 2. The molecule has 0 aliphatic carbocycles. The molecule has 1 heterocycles. The Morgan fingerprint density at radius 3 is 2.57 bits per heavy atom. The minimum Gasteiger partial charge on any atom is -0.341 e. The molecule has 3 rings (SSSR count). The molecular weight excluding hydrogens is 262 g/mol. The second kappa shape index (κ2) is 5.32. The van der Waals surface area contributed by atoms with Crippen molar-refractivity contribution in [2.24, 2.45) is 0 Å². The van der Waals surface area contributed by atoms with Crippen molar-refractivity contribution in [3.63, 3.8) is 0 Å². The molecule has 0 unspecified atom stereocenters. The molecule has 2 amide bonds. The molecule has 21 heavy (non-hydrogen) atoms. The van der Waals surface area contributed by atoms with Gasteiger partial charge in [0.15, 0.2) is 0 Å². The maximum absolute atomic E-state index is 11.4. The third-order valence-corrected chi connectivity index (χ3v) is 3.52. The van der Waals surface area contributed by atoms with Crippen molar-refractivity contribution in [3.05, 3.63) is 60.3 Å². The first-order valence-corrected chi connectivity index (χ1v) is 6.85. The number of urea groups is 1. The van der Waals surface area contributed by atoms with Crippen LogP contribution in [-0.4, -0.2) is 17.6 Å². The highest BCUT2D eigenvalue weighted by molar-refractivity contribution is 5.94. The average molecular weight is 279 g/mol. The molecule has 0 spiro atoms. The second-order valence-corrected chi connectivity index (χ2v) is 4.95. The molecule has 4 nitrogen and oxygen atoms in total. The molecule has 0 saturated carbocycles. The van der Waals surface area contributed by atoms with Gasteiger partial charge in [0.25, 0.3) is 0 Å². The Bertz CT molecular complexity index is 790. The van der Waals surface area contributed by atoms with Crippen molar-refractivity contribution in [3.8, 4) is 5.69 Å². The molecule has 0 aliphatic heterocycles. The van der Waals surface area contributed by atoms with Gasteiger partial charge in [0.1, 0.15) is 0 Å². The highest BCUT2D eigenvalue weighted by Gasteiger charge is 2.08. The number of hydrogen-bond donors (Lipinski definition) is 2. The Kier molecular flexibility index (Phi) is 3.36. The zero-order valence-electron chi connectivity index (χ0n) is 12.1. The summed E-state index contributed by atoms with van der Waals surface area (Å²) in [5, 5.41) is 6.48. The van der Waals surface area contributed by atoms with E-state index in [2.05, 4.69) is 40.5 Å². The van der Waals surface area contributed by atoms with Crippen LogP contribution in [0.5, 0.6) is 0 Å². The summed E-state index contributed by atoms with van der Waals surface area (Å²) in [5.74, 6) is 0. The van der Waals surface area contributed by atoms with Crippen LogP contribution in [0.15, 0.2) is 54.7 Å². The van der Waals surface area contributed by atoms with Gasteiger partial charge < -0.3 is 15.2 Å². The Balaban J connectivity index is 2.08. The van der Waals surface area contributed by atoms with Gasteiger partial charge in [0.05, 0.1) is 5.52 Å². The summed E-state index contributed by atoms with van der Waals surface area (Å²) in [5.41, 5.74) is 4.22. The molecular formula is C17H17N3O. The third-order valence-electron chi connectivity index (χ3n) is 3.52. The highest BCUT2D eigenvalue weighted by Crippen LogP contribution is 2.27. The van der Waals surface area contributed by atoms with Crippen LogP contribution in [0, 0.1) is 6.92 Å². The molecule has 0 bridgehead atoms. The van der Waals surface area contributed by atoms with E-state index in [4.69, 9.17) is 0 Å². The lowest BCUT2D eigenvalue weighted by Gasteiger charge is -2.07. The number of anilines is 1. The van der Waals surface area contributed by atoms with Crippen LogP contribution in [0.4, 0.5) is 10.5 Å². The third kappa shape index (κ3) is 2.48. The largest absolute Gasteiger partial charge is 0.341 e. The Morgan fingerprint density at radius 2 is 1.86 bits per heavy atom. The number of nitrogens with zero attached hydrogens (tertiary/aromatic N) is 1. The normalized spacial score (nSPS) is 10.6. The molecule has 0 aliphatic rings. The topological polar surface area (TPSA) is 46.1 Å². The predicted molar refractivity (Wildman–Crippen MR) is 86.1 cm³/mol. The van der Waals surface area contributed by atoms with E-state index in [1.165, 1.54) is 5.56 Å². The average Bonchev–Trinajstić information content (AvgIpc) is 2.85. The van der Waals surface area contributed by atoms with Crippen LogP contribution in [-0.2, 0) is 0 Å². The Labute approximate surface area is 123 Å². The number of nitrogens with one attached hydrogen (secondary N) is 2. The van der Waals surface area contributed by atoms with Gasteiger partial charge in [0.2, 0.25) is 0 Å². The maximum Gasteiger partial charge on any atom is 0.318 e. The fraction of sp³-hybridized carbons (Fsp3) is 0.118. The minimum atomic E-state index is -0.213. The van der Waals surface area contributed by atoms with Crippen molar-refractivity contribution in [1.82, 2.24) is 9.88 Å². The zero-order valence-corrected chi connectivity index (χ0v) is 12.1. The van der Waals surface area contributed by atoms with Gasteiger partial charge >= 0.3 is 6.03 Å². The Hall–Kier alpha value is -2.75. The van der Waals surface area contributed by atoms with Crippen molar-refractivity contribution in [1.29, 1.82) is 0 Å². The van der Waals surface area contributed by atoms with Gasteiger partial charge in [-0.25, -0.2) is 4.79 Å². The maximum atomic E-state index is 11.4. The lowest BCUT2D eigenvalue weighted by molar-refractivity contribution is 0.254. The fourth-order valence-corrected chi connectivity index (χ4v) is 2.47. The number of carbonyl (C=O) groups excluding carboxylic acids is 1. The van der Waals surface area contributed by atoms with E-state index in [-0.39, 0.29) is 6.03 Å². The first-order valence-electron chi connectivity index (χ1n) is 6.85. The standard InChI is InChI=1S/C17H17N3O/c1-12-11-20(14-6-4-3-5-7-14)16-9-8-13(10-15(12)16)19-17(21)18-2/h3-11H,1-2H3,(H2,18,19,21). The van der Waals surface area contributed by atoms with E-state index in [1.54, 1.807) is 7.05 Å². The summed E-state index contributed by atoms with van der Waals surface area (Å²) >= 11 is 0.